The molecule has 4 aromatic rings. The highest BCUT2D eigenvalue weighted by Crippen LogP contribution is 2.39. The molecule has 1 amide bonds. The zero-order valence-electron chi connectivity index (χ0n) is 21.9. The Bertz CT molecular complexity index is 1230. The summed E-state index contributed by atoms with van der Waals surface area (Å²) in [7, 11) is 0. The van der Waals surface area contributed by atoms with Crippen LogP contribution in [-0.4, -0.2) is 18.5 Å². The Labute approximate surface area is 225 Å². The van der Waals surface area contributed by atoms with E-state index < -0.39 is 5.92 Å². The molecule has 1 N–H and O–H groups in total. The van der Waals surface area contributed by atoms with Crippen LogP contribution in [0, 0.1) is 0 Å². The van der Waals surface area contributed by atoms with Gasteiger partial charge in [-0.1, -0.05) is 117 Å². The highest BCUT2D eigenvalue weighted by Gasteiger charge is 2.32. The number of hydrogen-bond acceptors (Lipinski definition) is 3. The number of hydrogen-bond donors (Lipinski definition) is 1. The summed E-state index contributed by atoms with van der Waals surface area (Å²) in [6.45, 7) is 2.58. The van der Waals surface area contributed by atoms with E-state index >= 15 is 0 Å². The summed E-state index contributed by atoms with van der Waals surface area (Å²) in [6.07, 6.45) is 4.22. The Balaban J connectivity index is 1.56. The van der Waals surface area contributed by atoms with Crippen LogP contribution in [0.4, 0.5) is 5.69 Å². The fourth-order valence-corrected chi connectivity index (χ4v) is 4.74. The number of esters is 1. The second-order valence-electron chi connectivity index (χ2n) is 9.45. The Kier molecular flexibility index (Phi) is 9.86. The van der Waals surface area contributed by atoms with Crippen LogP contribution in [0.5, 0.6) is 0 Å². The van der Waals surface area contributed by atoms with Gasteiger partial charge in [-0.2, -0.15) is 0 Å². The lowest BCUT2D eigenvalue weighted by Crippen LogP contribution is -2.27. The minimum Gasteiger partial charge on any atom is -0.462 e. The van der Waals surface area contributed by atoms with Gasteiger partial charge in [0.15, 0.2) is 0 Å². The maximum atomic E-state index is 13.9. The van der Waals surface area contributed by atoms with Gasteiger partial charge >= 0.3 is 5.97 Å². The van der Waals surface area contributed by atoms with Crippen LogP contribution in [0.3, 0.4) is 0 Å². The van der Waals surface area contributed by atoms with E-state index in [4.69, 9.17) is 4.74 Å². The zero-order valence-corrected chi connectivity index (χ0v) is 21.9. The third-order valence-electron chi connectivity index (χ3n) is 6.71. The minimum atomic E-state index is -0.464. The summed E-state index contributed by atoms with van der Waals surface area (Å²) in [5.41, 5.74) is 4.19. The summed E-state index contributed by atoms with van der Waals surface area (Å²) in [5.74, 6) is -1.09. The van der Waals surface area contributed by atoms with Gasteiger partial charge in [0.1, 0.15) is 0 Å². The largest absolute Gasteiger partial charge is 0.462 e. The molecule has 4 heteroatoms. The standard InChI is InChI=1S/C34H35NO3/c1-2-3-4-14-25-38-34(37)29-21-23-30(24-22-29)35-33(36)32(28-19-12-7-13-20-28)31(26-15-8-5-9-16-26)27-17-10-6-11-18-27/h5-13,15-24,31-32H,2-4,14,25H2,1H3,(H,35,36). The molecule has 0 aliphatic carbocycles. The van der Waals surface area contributed by atoms with Gasteiger partial charge in [0.05, 0.1) is 18.1 Å². The van der Waals surface area contributed by atoms with Crippen LogP contribution >= 0.6 is 0 Å². The lowest BCUT2D eigenvalue weighted by atomic mass is 9.76. The van der Waals surface area contributed by atoms with E-state index in [0.717, 1.165) is 42.4 Å². The summed E-state index contributed by atoms with van der Waals surface area (Å²) in [4.78, 5) is 26.3. The van der Waals surface area contributed by atoms with E-state index in [2.05, 4.69) is 36.5 Å². The quantitative estimate of drug-likeness (QED) is 0.157. The molecule has 0 bridgehead atoms. The van der Waals surface area contributed by atoms with E-state index in [0.29, 0.717) is 17.9 Å². The number of ether oxygens (including phenoxy) is 1. The third kappa shape index (κ3) is 7.19. The lowest BCUT2D eigenvalue weighted by molar-refractivity contribution is -0.117. The number of amides is 1. The first-order valence-electron chi connectivity index (χ1n) is 13.4. The topological polar surface area (TPSA) is 55.4 Å². The maximum Gasteiger partial charge on any atom is 0.338 e. The van der Waals surface area contributed by atoms with Crippen molar-refractivity contribution >= 4 is 17.6 Å². The highest BCUT2D eigenvalue weighted by atomic mass is 16.5. The van der Waals surface area contributed by atoms with Gasteiger partial charge in [0.2, 0.25) is 5.91 Å². The third-order valence-corrected chi connectivity index (χ3v) is 6.71. The van der Waals surface area contributed by atoms with Crippen molar-refractivity contribution in [2.24, 2.45) is 0 Å². The van der Waals surface area contributed by atoms with Crippen molar-refractivity contribution in [2.75, 3.05) is 11.9 Å². The summed E-state index contributed by atoms with van der Waals surface area (Å²) < 4.78 is 5.39. The Morgan fingerprint density at radius 2 is 1.18 bits per heavy atom. The molecular formula is C34H35NO3. The molecule has 4 aromatic carbocycles. The van der Waals surface area contributed by atoms with Crippen molar-refractivity contribution in [3.05, 3.63) is 138 Å². The highest BCUT2D eigenvalue weighted by molar-refractivity contribution is 5.97. The van der Waals surface area contributed by atoms with E-state index in [-0.39, 0.29) is 17.8 Å². The van der Waals surface area contributed by atoms with Gasteiger partial charge < -0.3 is 10.1 Å². The second-order valence-corrected chi connectivity index (χ2v) is 9.45. The predicted octanol–water partition coefficient (Wildman–Crippen LogP) is 7.98. The smallest absolute Gasteiger partial charge is 0.338 e. The monoisotopic (exact) mass is 505 g/mol. The van der Waals surface area contributed by atoms with Crippen LogP contribution in [0.15, 0.2) is 115 Å². The average molecular weight is 506 g/mol. The number of carbonyl (C=O) groups is 2. The molecule has 0 saturated carbocycles. The molecule has 38 heavy (non-hydrogen) atoms. The normalized spacial score (nSPS) is 11.6. The first kappa shape index (κ1) is 26.9. The van der Waals surface area contributed by atoms with Crippen LogP contribution in [0.25, 0.3) is 0 Å². The van der Waals surface area contributed by atoms with Crippen molar-refractivity contribution in [1.29, 1.82) is 0 Å². The van der Waals surface area contributed by atoms with Gasteiger partial charge in [-0.05, 0) is 47.4 Å². The molecular weight excluding hydrogens is 470 g/mol. The Morgan fingerprint density at radius 3 is 1.71 bits per heavy atom. The summed E-state index contributed by atoms with van der Waals surface area (Å²) >= 11 is 0. The van der Waals surface area contributed by atoms with Gasteiger partial charge in [-0.15, -0.1) is 0 Å². The molecule has 1 unspecified atom stereocenters. The summed E-state index contributed by atoms with van der Waals surface area (Å²) in [6, 6.07) is 37.1. The van der Waals surface area contributed by atoms with Crippen molar-refractivity contribution in [1.82, 2.24) is 0 Å². The van der Waals surface area contributed by atoms with E-state index in [1.807, 2.05) is 66.7 Å². The number of unbranched alkanes of at least 4 members (excludes halogenated alkanes) is 3. The molecule has 0 aliphatic heterocycles. The number of anilines is 1. The minimum absolute atomic E-state index is 0.111. The Hall–Kier alpha value is -4.18. The molecule has 4 rings (SSSR count). The molecule has 1 atom stereocenters. The average Bonchev–Trinajstić information content (AvgIpc) is 2.97. The first-order valence-corrected chi connectivity index (χ1v) is 13.4. The maximum absolute atomic E-state index is 13.9. The predicted molar refractivity (Wildman–Crippen MR) is 153 cm³/mol. The van der Waals surface area contributed by atoms with Gasteiger partial charge in [0, 0.05) is 11.6 Å². The van der Waals surface area contributed by atoms with Crippen LogP contribution in [0.1, 0.15) is 71.5 Å². The molecule has 0 saturated heterocycles. The summed E-state index contributed by atoms with van der Waals surface area (Å²) in [5, 5.41) is 3.10. The van der Waals surface area contributed by atoms with Crippen molar-refractivity contribution in [3.8, 4) is 0 Å². The molecule has 194 valence electrons. The number of nitrogens with one attached hydrogen (secondary N) is 1. The Morgan fingerprint density at radius 1 is 0.658 bits per heavy atom. The van der Waals surface area contributed by atoms with Crippen molar-refractivity contribution in [2.45, 2.75) is 44.4 Å². The fourth-order valence-electron chi connectivity index (χ4n) is 4.74. The number of rotatable bonds is 12. The molecule has 0 aromatic heterocycles. The number of benzene rings is 4. The van der Waals surface area contributed by atoms with E-state index in [1.165, 1.54) is 0 Å². The van der Waals surface area contributed by atoms with Gasteiger partial charge in [-0.3, -0.25) is 4.79 Å². The van der Waals surface area contributed by atoms with Gasteiger partial charge in [-0.25, -0.2) is 4.79 Å². The molecule has 0 radical (unpaired) electrons. The molecule has 0 spiro atoms. The van der Waals surface area contributed by atoms with Crippen molar-refractivity contribution in [3.63, 3.8) is 0 Å². The number of carbonyl (C=O) groups excluding carboxylic acids is 2. The lowest BCUT2D eigenvalue weighted by Gasteiger charge is -2.28. The second kappa shape index (κ2) is 13.9. The molecule has 0 heterocycles. The zero-order chi connectivity index (χ0) is 26.6. The van der Waals surface area contributed by atoms with E-state index in [1.54, 1.807) is 24.3 Å². The molecule has 0 aliphatic rings. The molecule has 4 nitrogen and oxygen atoms in total. The van der Waals surface area contributed by atoms with Crippen LogP contribution < -0.4 is 5.32 Å². The van der Waals surface area contributed by atoms with Crippen molar-refractivity contribution < 1.29 is 14.3 Å². The molecule has 0 fully saturated rings. The van der Waals surface area contributed by atoms with Gasteiger partial charge in [0.25, 0.3) is 0 Å². The first-order chi connectivity index (χ1) is 18.7. The SMILES string of the molecule is CCCCCCOC(=O)c1ccc(NC(=O)C(c2ccccc2)C(c2ccccc2)c2ccccc2)cc1. The fraction of sp³-hybridized carbons (Fsp3) is 0.235. The van der Waals surface area contributed by atoms with Crippen LogP contribution in [0.2, 0.25) is 0 Å². The van der Waals surface area contributed by atoms with Crippen LogP contribution in [-0.2, 0) is 9.53 Å². The van der Waals surface area contributed by atoms with E-state index in [9.17, 15) is 9.59 Å².